The van der Waals surface area contributed by atoms with Crippen LogP contribution in [0.1, 0.15) is 40.5 Å². The number of halogens is 1. The van der Waals surface area contributed by atoms with E-state index in [-0.39, 0.29) is 11.7 Å². The number of rotatable bonds is 4. The third kappa shape index (κ3) is 2.95. The summed E-state index contributed by atoms with van der Waals surface area (Å²) in [5.41, 5.74) is 10.5. The zero-order valence-corrected chi connectivity index (χ0v) is 20.3. The second-order valence-corrected chi connectivity index (χ2v) is 9.79. The minimum atomic E-state index is -0.257. The number of hydrogen-bond donors (Lipinski definition) is 2. The van der Waals surface area contributed by atoms with Crippen LogP contribution in [0.3, 0.4) is 0 Å². The minimum absolute atomic E-state index is 0.00293. The molecule has 3 aromatic carbocycles. The summed E-state index contributed by atoms with van der Waals surface area (Å²) in [7, 11) is 1.94. The fourth-order valence-electron chi connectivity index (χ4n) is 6.15. The zero-order chi connectivity index (χ0) is 24.6. The Balaban J connectivity index is 1.54. The maximum Gasteiger partial charge on any atom is 0.252 e. The van der Waals surface area contributed by atoms with Crippen molar-refractivity contribution in [3.8, 4) is 11.1 Å². The number of aromatic nitrogens is 3. The molecule has 0 fully saturated rings. The van der Waals surface area contributed by atoms with Crippen LogP contribution in [0.5, 0.6) is 0 Å². The lowest BCUT2D eigenvalue weighted by atomic mass is 9.82. The Morgan fingerprint density at radius 3 is 2.67 bits per heavy atom. The SMILES string of the molecule is CCCn1c2ccc(Nc3ccc(F)cc3)cc2c2c3c(c4c(c21)CCc1nn(C)cc1-4)C(=O)NC3. The first-order valence-electron chi connectivity index (χ1n) is 12.5. The monoisotopic (exact) mass is 479 g/mol. The molecule has 1 amide bonds. The maximum atomic E-state index is 13.4. The minimum Gasteiger partial charge on any atom is -0.356 e. The van der Waals surface area contributed by atoms with E-state index in [9.17, 15) is 9.18 Å². The van der Waals surface area contributed by atoms with Gasteiger partial charge in [0.25, 0.3) is 5.91 Å². The molecule has 0 saturated carbocycles. The summed E-state index contributed by atoms with van der Waals surface area (Å²) >= 11 is 0. The molecule has 36 heavy (non-hydrogen) atoms. The van der Waals surface area contributed by atoms with Gasteiger partial charge in [-0.2, -0.15) is 5.10 Å². The van der Waals surface area contributed by atoms with E-state index < -0.39 is 0 Å². The van der Waals surface area contributed by atoms with Crippen LogP contribution in [-0.4, -0.2) is 20.3 Å². The number of benzene rings is 3. The highest BCUT2D eigenvalue weighted by Crippen LogP contribution is 2.47. The summed E-state index contributed by atoms with van der Waals surface area (Å²) < 4.78 is 17.7. The van der Waals surface area contributed by atoms with E-state index in [1.165, 1.54) is 34.1 Å². The van der Waals surface area contributed by atoms with Gasteiger partial charge in [0.05, 0.1) is 16.8 Å². The molecule has 0 bridgehead atoms. The third-order valence-electron chi connectivity index (χ3n) is 7.52. The van der Waals surface area contributed by atoms with Crippen LogP contribution in [0.2, 0.25) is 0 Å². The first-order valence-corrected chi connectivity index (χ1v) is 12.5. The molecule has 2 aromatic heterocycles. The number of amides is 1. The van der Waals surface area contributed by atoms with Gasteiger partial charge in [-0.25, -0.2) is 4.39 Å². The lowest BCUT2D eigenvalue weighted by Crippen LogP contribution is -2.15. The van der Waals surface area contributed by atoms with Crippen molar-refractivity contribution in [3.63, 3.8) is 0 Å². The summed E-state index contributed by atoms with van der Waals surface area (Å²) in [6.45, 7) is 3.62. The molecule has 2 N–H and O–H groups in total. The van der Waals surface area contributed by atoms with Gasteiger partial charge in [-0.05, 0) is 72.9 Å². The lowest BCUT2D eigenvalue weighted by Gasteiger charge is -2.21. The summed E-state index contributed by atoms with van der Waals surface area (Å²) in [6, 6.07) is 12.8. The quantitative estimate of drug-likeness (QED) is 0.341. The number of nitrogens with zero attached hydrogens (tertiary/aromatic N) is 3. The molecule has 180 valence electrons. The predicted octanol–water partition coefficient (Wildman–Crippen LogP) is 5.83. The zero-order valence-electron chi connectivity index (χ0n) is 20.3. The summed E-state index contributed by atoms with van der Waals surface area (Å²) in [5.74, 6) is -0.259. The molecule has 0 radical (unpaired) electrons. The average molecular weight is 480 g/mol. The molecular formula is C29H26FN5O. The van der Waals surface area contributed by atoms with Crippen LogP contribution in [0.15, 0.2) is 48.7 Å². The highest BCUT2D eigenvalue weighted by Gasteiger charge is 2.35. The molecule has 1 aliphatic carbocycles. The Labute approximate surface area is 207 Å². The van der Waals surface area contributed by atoms with Gasteiger partial charge in [0.1, 0.15) is 5.82 Å². The van der Waals surface area contributed by atoms with E-state index in [0.29, 0.717) is 6.54 Å². The van der Waals surface area contributed by atoms with E-state index in [4.69, 9.17) is 0 Å². The van der Waals surface area contributed by atoms with Crippen LogP contribution < -0.4 is 10.6 Å². The number of hydrogen-bond acceptors (Lipinski definition) is 3. The van der Waals surface area contributed by atoms with Crippen molar-refractivity contribution in [2.45, 2.75) is 39.3 Å². The highest BCUT2D eigenvalue weighted by molar-refractivity contribution is 6.20. The largest absolute Gasteiger partial charge is 0.356 e. The van der Waals surface area contributed by atoms with Crippen LogP contribution in [0.25, 0.3) is 32.9 Å². The molecular weight excluding hydrogens is 453 g/mol. The molecule has 0 unspecified atom stereocenters. The second-order valence-electron chi connectivity index (χ2n) is 9.79. The Morgan fingerprint density at radius 1 is 1.06 bits per heavy atom. The number of aryl methyl sites for hydroxylation is 4. The fourth-order valence-corrected chi connectivity index (χ4v) is 6.15. The van der Waals surface area contributed by atoms with Crippen molar-refractivity contribution in [1.29, 1.82) is 0 Å². The van der Waals surface area contributed by atoms with E-state index >= 15 is 0 Å². The molecule has 0 atom stereocenters. The van der Waals surface area contributed by atoms with Crippen LogP contribution in [0.4, 0.5) is 15.8 Å². The molecule has 1 aliphatic heterocycles. The number of anilines is 2. The number of carbonyl (C=O) groups excluding carboxylic acids is 1. The van der Waals surface area contributed by atoms with Gasteiger partial charge in [-0.1, -0.05) is 6.92 Å². The number of fused-ring (bicyclic) bond motifs is 10. The van der Waals surface area contributed by atoms with Gasteiger partial charge in [0, 0.05) is 65.1 Å². The van der Waals surface area contributed by atoms with Crippen molar-refractivity contribution < 1.29 is 9.18 Å². The number of carbonyl (C=O) groups is 1. The normalized spacial score (nSPS) is 14.1. The molecule has 7 heteroatoms. The van der Waals surface area contributed by atoms with Crippen molar-refractivity contribution in [3.05, 3.63) is 76.9 Å². The second kappa shape index (κ2) is 7.68. The molecule has 6 nitrogen and oxygen atoms in total. The predicted molar refractivity (Wildman–Crippen MR) is 140 cm³/mol. The van der Waals surface area contributed by atoms with E-state index in [2.05, 4.69) is 51.6 Å². The molecule has 2 aliphatic rings. The number of nitrogens with one attached hydrogen (secondary N) is 2. The molecule has 5 aromatic rings. The van der Waals surface area contributed by atoms with Crippen molar-refractivity contribution in [1.82, 2.24) is 19.7 Å². The van der Waals surface area contributed by atoms with Crippen LogP contribution in [0, 0.1) is 5.82 Å². The van der Waals surface area contributed by atoms with E-state index in [1.807, 2.05) is 11.7 Å². The molecule has 0 saturated heterocycles. The van der Waals surface area contributed by atoms with E-state index in [0.717, 1.165) is 70.5 Å². The fraction of sp³-hybridized carbons (Fsp3) is 0.241. The summed E-state index contributed by atoms with van der Waals surface area (Å²) in [6.07, 6.45) is 4.79. The summed E-state index contributed by atoms with van der Waals surface area (Å²) in [4.78, 5) is 13.2. The first-order chi connectivity index (χ1) is 17.5. The molecule has 3 heterocycles. The van der Waals surface area contributed by atoms with Crippen LogP contribution >= 0.6 is 0 Å². The standard InChI is InChI=1S/C29H26FN5O/c1-3-12-35-24-11-8-18(32-17-6-4-16(30)5-7-17)13-20(24)26-21-14-31-29(36)27(21)25-19(28(26)35)9-10-23-22(25)15-34(2)33-23/h4-8,11,13,15,32H,3,9-10,12,14H2,1-2H3,(H,31,36). The van der Waals surface area contributed by atoms with Crippen molar-refractivity contribution in [2.24, 2.45) is 7.05 Å². The Kier molecular flexibility index (Phi) is 4.52. The van der Waals surface area contributed by atoms with Gasteiger partial charge < -0.3 is 15.2 Å². The van der Waals surface area contributed by atoms with E-state index in [1.54, 1.807) is 12.1 Å². The first kappa shape index (κ1) is 21.2. The Bertz CT molecular complexity index is 1710. The van der Waals surface area contributed by atoms with Gasteiger partial charge >= 0.3 is 0 Å². The van der Waals surface area contributed by atoms with Crippen LogP contribution in [-0.2, 0) is 33.0 Å². The molecule has 7 rings (SSSR count). The van der Waals surface area contributed by atoms with Gasteiger partial charge in [-0.3, -0.25) is 9.48 Å². The summed E-state index contributed by atoms with van der Waals surface area (Å²) in [5, 5.41) is 13.5. The smallest absolute Gasteiger partial charge is 0.252 e. The topological polar surface area (TPSA) is 63.9 Å². The third-order valence-corrected chi connectivity index (χ3v) is 7.52. The Hall–Kier alpha value is -4.13. The lowest BCUT2D eigenvalue weighted by molar-refractivity contribution is 0.0966. The van der Waals surface area contributed by atoms with Crippen molar-refractivity contribution >= 4 is 39.1 Å². The van der Waals surface area contributed by atoms with Gasteiger partial charge in [0.2, 0.25) is 0 Å². The highest BCUT2D eigenvalue weighted by atomic mass is 19.1. The van der Waals surface area contributed by atoms with Gasteiger partial charge in [0.15, 0.2) is 0 Å². The molecule has 0 spiro atoms. The average Bonchev–Trinajstić information content (AvgIpc) is 3.54. The van der Waals surface area contributed by atoms with Gasteiger partial charge in [-0.15, -0.1) is 0 Å². The Morgan fingerprint density at radius 2 is 1.86 bits per heavy atom. The maximum absolute atomic E-state index is 13.4. The van der Waals surface area contributed by atoms with Crippen molar-refractivity contribution in [2.75, 3.05) is 5.32 Å².